The van der Waals surface area contributed by atoms with Crippen LogP contribution in [0.3, 0.4) is 0 Å². The van der Waals surface area contributed by atoms with Crippen molar-refractivity contribution in [3.05, 3.63) is 10.6 Å². The number of ether oxygens (including phenoxy) is 1. The van der Waals surface area contributed by atoms with E-state index in [9.17, 15) is 0 Å². The molecule has 1 aromatic rings. The molecule has 1 aromatic heterocycles. The van der Waals surface area contributed by atoms with Gasteiger partial charge in [0.15, 0.2) is 5.13 Å². The molecule has 120 valence electrons. The van der Waals surface area contributed by atoms with E-state index < -0.39 is 0 Å². The van der Waals surface area contributed by atoms with Crippen molar-refractivity contribution in [2.45, 2.75) is 59.0 Å². The second-order valence-electron chi connectivity index (χ2n) is 5.91. The molecule has 1 aliphatic heterocycles. The van der Waals surface area contributed by atoms with Gasteiger partial charge < -0.3 is 15.0 Å². The summed E-state index contributed by atoms with van der Waals surface area (Å²) in [6.45, 7) is 13.5. The fourth-order valence-corrected chi connectivity index (χ4v) is 3.85. The highest BCUT2D eigenvalue weighted by Crippen LogP contribution is 2.33. The topological polar surface area (TPSA) is 37.4 Å². The summed E-state index contributed by atoms with van der Waals surface area (Å²) in [4.78, 5) is 8.80. The van der Waals surface area contributed by atoms with Crippen LogP contribution in [-0.2, 0) is 11.3 Å². The minimum Gasteiger partial charge on any atom is -0.377 e. The normalized spacial score (nSPS) is 20.8. The van der Waals surface area contributed by atoms with Gasteiger partial charge in [-0.05, 0) is 32.2 Å². The molecule has 2 heterocycles. The Balaban J connectivity index is 2.17. The molecule has 1 aliphatic rings. The molecule has 0 amide bonds. The van der Waals surface area contributed by atoms with Gasteiger partial charge in [-0.2, -0.15) is 0 Å². The zero-order chi connectivity index (χ0) is 15.2. The molecule has 2 unspecified atom stereocenters. The molecule has 5 heteroatoms. The first-order chi connectivity index (χ1) is 10.2. The summed E-state index contributed by atoms with van der Waals surface area (Å²) in [6.07, 6.45) is 2.31. The lowest BCUT2D eigenvalue weighted by atomic mass is 10.0. The number of nitrogens with one attached hydrogen (secondary N) is 1. The molecule has 4 nitrogen and oxygen atoms in total. The van der Waals surface area contributed by atoms with E-state index in [-0.39, 0.29) is 0 Å². The average molecular weight is 311 g/mol. The number of hydrogen-bond donors (Lipinski definition) is 1. The molecular formula is C16H29N3OS. The number of morpholine rings is 1. The summed E-state index contributed by atoms with van der Waals surface area (Å²) in [6, 6.07) is 0.422. The Morgan fingerprint density at radius 1 is 1.48 bits per heavy atom. The molecule has 0 spiro atoms. The summed E-state index contributed by atoms with van der Waals surface area (Å²) in [7, 11) is 0. The highest BCUT2D eigenvalue weighted by Gasteiger charge is 2.24. The first kappa shape index (κ1) is 16.7. The Bertz CT molecular complexity index is 435. The van der Waals surface area contributed by atoms with Crippen molar-refractivity contribution < 1.29 is 4.74 Å². The van der Waals surface area contributed by atoms with Crippen LogP contribution in [0, 0.1) is 0 Å². The maximum atomic E-state index is 5.54. The molecule has 0 bridgehead atoms. The molecule has 1 saturated heterocycles. The van der Waals surface area contributed by atoms with Crippen molar-refractivity contribution in [1.29, 1.82) is 0 Å². The molecule has 1 fully saturated rings. The smallest absolute Gasteiger partial charge is 0.186 e. The summed E-state index contributed by atoms with van der Waals surface area (Å²) in [5, 5.41) is 4.70. The Labute approximate surface area is 132 Å². The molecule has 0 aromatic carbocycles. The van der Waals surface area contributed by atoms with Gasteiger partial charge >= 0.3 is 0 Å². The zero-order valence-corrected chi connectivity index (χ0v) is 14.6. The Kier molecular flexibility index (Phi) is 6.45. The van der Waals surface area contributed by atoms with E-state index in [4.69, 9.17) is 9.72 Å². The van der Waals surface area contributed by atoms with Crippen molar-refractivity contribution in [2.75, 3.05) is 31.2 Å². The minimum absolute atomic E-state index is 0.422. The second-order valence-corrected chi connectivity index (χ2v) is 6.97. The predicted molar refractivity (Wildman–Crippen MR) is 90.4 cm³/mol. The van der Waals surface area contributed by atoms with Crippen LogP contribution in [0.4, 0.5) is 5.13 Å². The maximum absolute atomic E-state index is 5.54. The van der Waals surface area contributed by atoms with Crippen LogP contribution < -0.4 is 10.2 Å². The molecular weight excluding hydrogens is 282 g/mol. The Hall–Kier alpha value is -0.650. The number of nitrogens with zero attached hydrogens (tertiary/aromatic N) is 2. The fraction of sp³-hybridized carbons (Fsp3) is 0.812. The molecule has 21 heavy (non-hydrogen) atoms. The van der Waals surface area contributed by atoms with Crippen molar-refractivity contribution in [1.82, 2.24) is 10.3 Å². The van der Waals surface area contributed by atoms with Crippen LogP contribution >= 0.6 is 11.3 Å². The van der Waals surface area contributed by atoms with Crippen molar-refractivity contribution >= 4 is 16.5 Å². The van der Waals surface area contributed by atoms with E-state index in [0.29, 0.717) is 12.0 Å². The second kappa shape index (κ2) is 8.11. The van der Waals surface area contributed by atoms with E-state index in [0.717, 1.165) is 39.3 Å². The number of hydrogen-bond acceptors (Lipinski definition) is 5. The lowest BCUT2D eigenvalue weighted by Crippen LogP contribution is -2.43. The standard InChI is InChI=1S/C16H29N3OS/c1-5-7-17-10-14-15(12(3)6-2)18-16(21-14)19-8-9-20-11-13(19)4/h12-13,17H,5-11H2,1-4H3. The number of anilines is 1. The first-order valence-corrected chi connectivity index (χ1v) is 9.03. The van der Waals surface area contributed by atoms with Gasteiger partial charge in [0.05, 0.1) is 24.9 Å². The molecule has 0 radical (unpaired) electrons. The molecule has 1 N–H and O–H groups in total. The third-order valence-electron chi connectivity index (χ3n) is 4.12. The highest BCUT2D eigenvalue weighted by atomic mass is 32.1. The minimum atomic E-state index is 0.422. The third kappa shape index (κ3) is 4.18. The van der Waals surface area contributed by atoms with Gasteiger partial charge in [0, 0.05) is 18.0 Å². The van der Waals surface area contributed by atoms with E-state index in [1.54, 1.807) is 0 Å². The van der Waals surface area contributed by atoms with Crippen molar-refractivity contribution in [3.63, 3.8) is 0 Å². The van der Waals surface area contributed by atoms with Crippen LogP contribution in [0.15, 0.2) is 0 Å². The number of aromatic nitrogens is 1. The van der Waals surface area contributed by atoms with Crippen LogP contribution in [0.25, 0.3) is 0 Å². The van der Waals surface area contributed by atoms with Gasteiger partial charge in [-0.15, -0.1) is 11.3 Å². The summed E-state index contributed by atoms with van der Waals surface area (Å²) < 4.78 is 5.54. The number of rotatable bonds is 7. The predicted octanol–water partition coefficient (Wildman–Crippen LogP) is 3.38. The maximum Gasteiger partial charge on any atom is 0.186 e. The fourth-order valence-electron chi connectivity index (χ4n) is 2.57. The van der Waals surface area contributed by atoms with Crippen molar-refractivity contribution in [3.8, 4) is 0 Å². The largest absolute Gasteiger partial charge is 0.377 e. The SMILES string of the molecule is CCCNCc1sc(N2CCOCC2C)nc1C(C)CC. The van der Waals surface area contributed by atoms with Crippen LogP contribution in [-0.4, -0.2) is 37.3 Å². The Morgan fingerprint density at radius 3 is 2.95 bits per heavy atom. The van der Waals surface area contributed by atoms with Gasteiger partial charge in [-0.1, -0.05) is 20.8 Å². The molecule has 0 aliphatic carbocycles. The van der Waals surface area contributed by atoms with Gasteiger partial charge in [-0.25, -0.2) is 4.98 Å². The van der Waals surface area contributed by atoms with Crippen molar-refractivity contribution in [2.24, 2.45) is 0 Å². The van der Waals surface area contributed by atoms with Gasteiger partial charge in [0.1, 0.15) is 0 Å². The van der Waals surface area contributed by atoms with Crippen LogP contribution in [0.5, 0.6) is 0 Å². The Morgan fingerprint density at radius 2 is 2.29 bits per heavy atom. The van der Waals surface area contributed by atoms with Gasteiger partial charge in [0.2, 0.25) is 0 Å². The monoisotopic (exact) mass is 311 g/mol. The molecule has 2 atom stereocenters. The summed E-state index contributed by atoms with van der Waals surface area (Å²) in [5.41, 5.74) is 1.29. The van der Waals surface area contributed by atoms with Crippen LogP contribution in [0.1, 0.15) is 57.0 Å². The molecule has 0 saturated carbocycles. The van der Waals surface area contributed by atoms with Crippen LogP contribution in [0.2, 0.25) is 0 Å². The third-order valence-corrected chi connectivity index (χ3v) is 5.23. The lowest BCUT2D eigenvalue weighted by molar-refractivity contribution is 0.0989. The van der Waals surface area contributed by atoms with Gasteiger partial charge in [0.25, 0.3) is 0 Å². The van der Waals surface area contributed by atoms with Gasteiger partial charge in [-0.3, -0.25) is 0 Å². The molecule has 2 rings (SSSR count). The highest BCUT2D eigenvalue weighted by molar-refractivity contribution is 7.15. The van der Waals surface area contributed by atoms with E-state index >= 15 is 0 Å². The summed E-state index contributed by atoms with van der Waals surface area (Å²) >= 11 is 1.86. The average Bonchev–Trinajstić information content (AvgIpc) is 2.91. The first-order valence-electron chi connectivity index (χ1n) is 8.22. The number of thiazole rings is 1. The lowest BCUT2D eigenvalue weighted by Gasteiger charge is -2.32. The zero-order valence-electron chi connectivity index (χ0n) is 13.8. The quantitative estimate of drug-likeness (QED) is 0.783. The van der Waals surface area contributed by atoms with E-state index in [2.05, 4.69) is 37.9 Å². The van der Waals surface area contributed by atoms with E-state index in [1.807, 2.05) is 11.3 Å². The summed E-state index contributed by atoms with van der Waals surface area (Å²) in [5.74, 6) is 0.532. The van der Waals surface area contributed by atoms with E-state index in [1.165, 1.54) is 22.1 Å².